The summed E-state index contributed by atoms with van der Waals surface area (Å²) in [4.78, 5) is 28.1. The average molecular weight is 432 g/mol. The van der Waals surface area contributed by atoms with Crippen molar-refractivity contribution in [2.45, 2.75) is 84.3 Å². The van der Waals surface area contributed by atoms with E-state index in [9.17, 15) is 9.59 Å². The molecule has 0 spiro atoms. The number of unbranched alkanes of at least 4 members (excludes halogenated alkanes) is 1. The molecule has 0 radical (unpaired) electrons. The molecule has 31 heavy (non-hydrogen) atoms. The molecule has 1 fully saturated rings. The Hall–Kier alpha value is -1.88. The summed E-state index contributed by atoms with van der Waals surface area (Å²) < 4.78 is 6.03. The number of likely N-dealkylation sites (N-methyl/N-ethyl adjacent to an activating group) is 1. The van der Waals surface area contributed by atoms with Gasteiger partial charge in [0.05, 0.1) is 0 Å². The number of carbonyl (C=O) groups excluding carboxylic acids is 2. The van der Waals surface area contributed by atoms with Gasteiger partial charge in [-0.15, -0.1) is 0 Å². The highest BCUT2D eigenvalue weighted by molar-refractivity contribution is 5.85. The van der Waals surface area contributed by atoms with Crippen LogP contribution in [0.25, 0.3) is 0 Å². The first-order valence-corrected chi connectivity index (χ1v) is 11.9. The maximum atomic E-state index is 13.3. The highest BCUT2D eigenvalue weighted by atomic mass is 16.5. The lowest BCUT2D eigenvalue weighted by atomic mass is 9.88. The van der Waals surface area contributed by atoms with E-state index in [1.165, 1.54) is 0 Å². The van der Waals surface area contributed by atoms with Gasteiger partial charge in [-0.1, -0.05) is 63.9 Å². The number of cyclic esters (lactones) is 1. The van der Waals surface area contributed by atoms with Gasteiger partial charge in [0.15, 0.2) is 0 Å². The Labute approximate surface area is 188 Å². The molecule has 1 N–H and O–H groups in total. The lowest BCUT2D eigenvalue weighted by Crippen LogP contribution is -2.47. The summed E-state index contributed by atoms with van der Waals surface area (Å²) in [5.74, 6) is 0.482. The summed E-state index contributed by atoms with van der Waals surface area (Å²) in [5.41, 5.74) is 1.01. The van der Waals surface area contributed by atoms with Gasteiger partial charge in [0.25, 0.3) is 0 Å². The van der Waals surface area contributed by atoms with E-state index in [1.807, 2.05) is 37.3 Å². The number of rotatable bonds is 6. The Morgan fingerprint density at radius 1 is 1.00 bits per heavy atom. The number of hydrogen-bond donors (Lipinski definition) is 1. The maximum absolute atomic E-state index is 13.3. The fourth-order valence-corrected chi connectivity index (χ4v) is 4.63. The molecule has 0 aliphatic carbocycles. The second-order valence-corrected chi connectivity index (χ2v) is 9.59. The number of aliphatic hydroxyl groups is 1. The zero-order valence-electron chi connectivity index (χ0n) is 19.8. The van der Waals surface area contributed by atoms with E-state index >= 15 is 0 Å². The smallest absolute Gasteiger partial charge is 0.329 e. The summed E-state index contributed by atoms with van der Waals surface area (Å²) in [7, 11) is 1.74. The zero-order chi connectivity index (χ0) is 22.8. The summed E-state index contributed by atoms with van der Waals surface area (Å²) >= 11 is 0. The van der Waals surface area contributed by atoms with Crippen molar-refractivity contribution in [3.05, 3.63) is 35.9 Å². The predicted molar refractivity (Wildman–Crippen MR) is 123 cm³/mol. The third-order valence-electron chi connectivity index (χ3n) is 6.57. The first-order chi connectivity index (χ1) is 14.8. The van der Waals surface area contributed by atoms with Gasteiger partial charge in [-0.25, -0.2) is 4.79 Å². The Balaban J connectivity index is 2.28. The lowest BCUT2D eigenvalue weighted by Gasteiger charge is -2.31. The van der Waals surface area contributed by atoms with Crippen LogP contribution < -0.4 is 0 Å². The molecular weight excluding hydrogens is 390 g/mol. The van der Waals surface area contributed by atoms with Crippen LogP contribution in [0.1, 0.15) is 71.3 Å². The molecule has 1 aromatic carbocycles. The summed E-state index contributed by atoms with van der Waals surface area (Å²) in [5, 5.41) is 9.15. The van der Waals surface area contributed by atoms with Crippen molar-refractivity contribution >= 4 is 11.9 Å². The summed E-state index contributed by atoms with van der Waals surface area (Å²) in [6.07, 6.45) is 6.37. The van der Waals surface area contributed by atoms with Crippen LogP contribution in [0.15, 0.2) is 30.3 Å². The maximum Gasteiger partial charge on any atom is 0.329 e. The highest BCUT2D eigenvalue weighted by Crippen LogP contribution is 2.27. The second-order valence-electron chi connectivity index (χ2n) is 9.59. The van der Waals surface area contributed by atoms with E-state index in [2.05, 4.69) is 13.8 Å². The van der Waals surface area contributed by atoms with Crippen molar-refractivity contribution < 1.29 is 19.4 Å². The monoisotopic (exact) mass is 431 g/mol. The van der Waals surface area contributed by atoms with Crippen LogP contribution in [0.4, 0.5) is 0 Å². The Morgan fingerprint density at radius 3 is 2.29 bits per heavy atom. The Bertz CT molecular complexity index is 677. The third-order valence-corrected chi connectivity index (χ3v) is 6.57. The Kier molecular flexibility index (Phi) is 10.5. The summed E-state index contributed by atoms with van der Waals surface area (Å²) in [6, 6.07) is 9.18. The van der Waals surface area contributed by atoms with E-state index in [1.54, 1.807) is 11.9 Å². The average Bonchev–Trinajstić information content (AvgIpc) is 2.75. The van der Waals surface area contributed by atoms with Crippen LogP contribution >= 0.6 is 0 Å². The molecule has 1 saturated heterocycles. The normalized spacial score (nSPS) is 28.9. The fourth-order valence-electron chi connectivity index (χ4n) is 4.63. The van der Waals surface area contributed by atoms with Gasteiger partial charge in [0.1, 0.15) is 12.1 Å². The third kappa shape index (κ3) is 8.29. The van der Waals surface area contributed by atoms with Gasteiger partial charge in [-0.05, 0) is 49.5 Å². The second kappa shape index (κ2) is 12.8. The molecule has 0 bridgehead atoms. The number of nitrogens with zero attached hydrogens (tertiary/aromatic N) is 1. The molecule has 1 heterocycles. The molecule has 1 aliphatic heterocycles. The van der Waals surface area contributed by atoms with E-state index in [4.69, 9.17) is 9.84 Å². The quantitative estimate of drug-likeness (QED) is 0.527. The van der Waals surface area contributed by atoms with Crippen LogP contribution in [0.2, 0.25) is 0 Å². The van der Waals surface area contributed by atoms with Crippen molar-refractivity contribution in [3.8, 4) is 0 Å². The van der Waals surface area contributed by atoms with E-state index in [-0.39, 0.29) is 30.5 Å². The van der Waals surface area contributed by atoms with Crippen molar-refractivity contribution in [2.24, 2.45) is 17.8 Å². The van der Waals surface area contributed by atoms with Crippen LogP contribution in [0.5, 0.6) is 0 Å². The first-order valence-electron chi connectivity index (χ1n) is 11.9. The molecule has 5 atom stereocenters. The van der Waals surface area contributed by atoms with Crippen LogP contribution in [0.3, 0.4) is 0 Å². The molecule has 1 amide bonds. The fraction of sp³-hybridized carbons (Fsp3) is 0.692. The van der Waals surface area contributed by atoms with Crippen molar-refractivity contribution in [1.29, 1.82) is 0 Å². The predicted octanol–water partition coefficient (Wildman–Crippen LogP) is 4.61. The first kappa shape index (κ1) is 25.4. The Morgan fingerprint density at radius 2 is 1.65 bits per heavy atom. The molecule has 0 saturated carbocycles. The number of benzene rings is 1. The van der Waals surface area contributed by atoms with E-state index in [0.717, 1.165) is 44.1 Å². The number of amides is 1. The topological polar surface area (TPSA) is 66.8 Å². The molecular formula is C26H41NO4. The van der Waals surface area contributed by atoms with Crippen molar-refractivity contribution in [1.82, 2.24) is 4.90 Å². The van der Waals surface area contributed by atoms with Crippen LogP contribution in [0, 0.1) is 17.8 Å². The van der Waals surface area contributed by atoms with Gasteiger partial charge in [0, 0.05) is 26.0 Å². The molecule has 5 nitrogen and oxygen atoms in total. The largest absolute Gasteiger partial charge is 0.461 e. The van der Waals surface area contributed by atoms with Crippen LogP contribution in [-0.4, -0.2) is 47.7 Å². The molecule has 0 aromatic heterocycles. The van der Waals surface area contributed by atoms with Crippen molar-refractivity contribution in [2.75, 3.05) is 13.7 Å². The van der Waals surface area contributed by atoms with Gasteiger partial charge in [-0.3, -0.25) is 4.79 Å². The van der Waals surface area contributed by atoms with Gasteiger partial charge in [-0.2, -0.15) is 0 Å². The lowest BCUT2D eigenvalue weighted by molar-refractivity contribution is -0.160. The SMILES string of the molecule is C[C@@H]1CC[C@@H](C)C[C@@H](C)C(=O)N(C)[C@@H](Cc2ccccc2)C(=O)O[C@H](CCCCO)C1. The zero-order valence-corrected chi connectivity index (χ0v) is 19.8. The molecule has 5 heteroatoms. The summed E-state index contributed by atoms with van der Waals surface area (Å²) in [6.45, 7) is 6.57. The molecule has 0 unspecified atom stereocenters. The number of carbonyl (C=O) groups is 2. The number of esters is 1. The van der Waals surface area contributed by atoms with Crippen LogP contribution in [-0.2, 0) is 20.7 Å². The minimum absolute atomic E-state index is 0.00820. The molecule has 174 valence electrons. The minimum Gasteiger partial charge on any atom is -0.461 e. The van der Waals surface area contributed by atoms with E-state index in [0.29, 0.717) is 24.7 Å². The highest BCUT2D eigenvalue weighted by Gasteiger charge is 2.33. The number of ether oxygens (including phenoxy) is 1. The van der Waals surface area contributed by atoms with Gasteiger partial charge >= 0.3 is 5.97 Å². The van der Waals surface area contributed by atoms with Gasteiger partial charge in [0.2, 0.25) is 5.91 Å². The standard InChI is InChI=1S/C26H41NO4/c1-19-13-14-20(2)17-23(12-8-9-15-28)31-26(30)24(18-22-10-6-5-7-11-22)27(4)25(29)21(3)16-19/h5-7,10-11,19-21,23-24,28H,8-9,12-18H2,1-4H3/t19-,20-,21-,23-,24+/m1/s1. The van der Waals surface area contributed by atoms with Crippen molar-refractivity contribution in [3.63, 3.8) is 0 Å². The number of hydrogen-bond acceptors (Lipinski definition) is 4. The minimum atomic E-state index is -0.635. The molecule has 2 rings (SSSR count). The molecule has 1 aliphatic rings. The van der Waals surface area contributed by atoms with Gasteiger partial charge < -0.3 is 14.7 Å². The molecule has 1 aromatic rings. The van der Waals surface area contributed by atoms with E-state index < -0.39 is 6.04 Å². The number of aliphatic hydroxyl groups excluding tert-OH is 1.